The predicted molar refractivity (Wildman–Crippen MR) is 173 cm³/mol. The van der Waals surface area contributed by atoms with E-state index in [9.17, 15) is 41.0 Å². The molecule has 1 aromatic carbocycles. The van der Waals surface area contributed by atoms with Crippen LogP contribution in [-0.2, 0) is 21.9 Å². The van der Waals surface area contributed by atoms with E-state index in [0.717, 1.165) is 42.0 Å². The quantitative estimate of drug-likeness (QED) is 0.153. The Labute approximate surface area is 283 Å². The van der Waals surface area contributed by atoms with Gasteiger partial charge in [-0.25, -0.2) is 0 Å². The number of aromatic nitrogens is 1. The molecule has 2 amide bonds. The summed E-state index contributed by atoms with van der Waals surface area (Å²) >= 11 is 0.511. The number of aliphatic hydroxyl groups is 1. The lowest BCUT2D eigenvalue weighted by Crippen LogP contribution is -2.68. The third-order valence-electron chi connectivity index (χ3n) is 8.19. The van der Waals surface area contributed by atoms with Gasteiger partial charge in [0.05, 0.1) is 29.6 Å². The average Bonchev–Trinajstić information content (AvgIpc) is 3.58. The summed E-state index contributed by atoms with van der Waals surface area (Å²) in [6, 6.07) is 9.80. The van der Waals surface area contributed by atoms with Gasteiger partial charge in [-0.15, -0.1) is 17.9 Å². The first-order valence-electron chi connectivity index (χ1n) is 15.5. The Hall–Kier alpha value is -4.31. The van der Waals surface area contributed by atoms with Crippen molar-refractivity contribution in [3.8, 4) is 5.75 Å². The number of benzene rings is 1. The second kappa shape index (κ2) is 16.4. The van der Waals surface area contributed by atoms with E-state index in [2.05, 4.69) is 21.8 Å². The first-order valence-corrected chi connectivity index (χ1v) is 16.3. The van der Waals surface area contributed by atoms with Crippen molar-refractivity contribution in [3.63, 3.8) is 0 Å². The molecule has 0 unspecified atom stereocenters. The minimum absolute atomic E-state index is 0.00300. The monoisotopic (exact) mass is 713 g/mol. The van der Waals surface area contributed by atoms with Crippen LogP contribution in [0.2, 0.25) is 0 Å². The number of anilines is 2. The highest BCUT2D eigenvalue weighted by atomic mass is 32.1. The number of likely N-dealkylation sites (tertiary alicyclic amines) is 1. The molecule has 9 nitrogen and oxygen atoms in total. The number of carbonyl (C=O) groups is 2. The number of alkyl halides is 6. The molecule has 4 heterocycles. The molecule has 2 aliphatic rings. The van der Waals surface area contributed by atoms with Gasteiger partial charge in [-0.1, -0.05) is 18.2 Å². The van der Waals surface area contributed by atoms with E-state index >= 15 is 0 Å². The van der Waals surface area contributed by atoms with Crippen molar-refractivity contribution in [2.45, 2.75) is 43.3 Å². The molecule has 266 valence electrons. The minimum atomic E-state index is -4.52. The van der Waals surface area contributed by atoms with Gasteiger partial charge in [-0.05, 0) is 37.1 Å². The summed E-state index contributed by atoms with van der Waals surface area (Å²) in [4.78, 5) is 34.2. The maximum atomic E-state index is 14.2. The number of nitrogens with zero attached hydrogens (tertiary/aromatic N) is 4. The van der Waals surface area contributed by atoms with Gasteiger partial charge in [0.25, 0.3) is 5.91 Å². The summed E-state index contributed by atoms with van der Waals surface area (Å²) in [6.07, 6.45) is -3.29. The number of ether oxygens (including phenoxy) is 1. The lowest BCUT2D eigenvalue weighted by Gasteiger charge is -2.49. The number of hydrogen-bond acceptors (Lipinski definition) is 8. The number of rotatable bonds is 10. The molecule has 2 aromatic heterocycles. The van der Waals surface area contributed by atoms with Crippen LogP contribution in [-0.4, -0.2) is 89.7 Å². The van der Waals surface area contributed by atoms with E-state index in [1.165, 1.54) is 10.3 Å². The van der Waals surface area contributed by atoms with Crippen LogP contribution in [0.3, 0.4) is 0 Å². The summed E-state index contributed by atoms with van der Waals surface area (Å²) in [6.45, 7) is 6.41. The topological polar surface area (TPSA) is 98.2 Å². The normalized spacial score (nSPS) is 19.8. The van der Waals surface area contributed by atoms with E-state index < -0.39 is 34.4 Å². The predicted octanol–water partition coefficient (Wildman–Crippen LogP) is 5.93. The Morgan fingerprint density at radius 1 is 1.06 bits per heavy atom. The van der Waals surface area contributed by atoms with Crippen LogP contribution >= 0.6 is 11.3 Å². The lowest BCUT2D eigenvalue weighted by atomic mass is 9.80. The van der Waals surface area contributed by atoms with Crippen LogP contribution < -0.4 is 15.0 Å². The maximum absolute atomic E-state index is 14.2. The molecule has 0 spiro atoms. The summed E-state index contributed by atoms with van der Waals surface area (Å²) < 4.78 is 81.4. The highest BCUT2D eigenvalue weighted by Gasteiger charge is 2.54. The number of para-hydroxylation sites is 2. The van der Waals surface area contributed by atoms with Crippen molar-refractivity contribution in [2.75, 3.05) is 56.1 Å². The molecular formula is C33H37F6N5O4S. The zero-order chi connectivity index (χ0) is 35.7. The summed E-state index contributed by atoms with van der Waals surface area (Å²) in [5.74, 6) is -0.378. The third kappa shape index (κ3) is 9.23. The van der Waals surface area contributed by atoms with Crippen LogP contribution in [0.25, 0.3) is 0 Å². The fourth-order valence-corrected chi connectivity index (χ4v) is 6.59. The molecule has 3 aromatic rings. The van der Waals surface area contributed by atoms with Crippen LogP contribution in [0.15, 0.2) is 72.9 Å². The van der Waals surface area contributed by atoms with Gasteiger partial charge in [0, 0.05) is 69.5 Å². The number of halogens is 6. The Kier molecular flexibility index (Phi) is 12.5. The number of aliphatic hydroxyl groups excluding tert-OH is 1. The van der Waals surface area contributed by atoms with Gasteiger partial charge in [-0.3, -0.25) is 14.6 Å². The standard InChI is InChI=1S/C27H33F3N4O4S.C6H4F3N/c1-2-6-23-26(9-5-11-34(23)19-36,38-20-17-24(39-18-20)27(28,29)30)25(37)33-14-12-32(13-15-33)22-8-4-3-7-21(22)31-10-16-35;7-6(8,9)5-1-3-10-4-2-5/h2-4,7-8,17-19,23,31,35H,1,5-6,9-16H2;1-4H/t23-,26+;/m1./s1. The number of pyridine rings is 1. The first kappa shape index (κ1) is 37.5. The van der Waals surface area contributed by atoms with Gasteiger partial charge < -0.3 is 29.9 Å². The fraction of sp³-hybridized carbons (Fsp3) is 0.424. The largest absolute Gasteiger partial charge is 0.474 e. The molecule has 0 bridgehead atoms. The molecule has 5 rings (SSSR count). The van der Waals surface area contributed by atoms with Crippen molar-refractivity contribution in [3.05, 3.63) is 83.3 Å². The number of carbonyl (C=O) groups excluding carboxylic acids is 2. The van der Waals surface area contributed by atoms with Crippen LogP contribution in [0, 0.1) is 0 Å². The second-order valence-electron chi connectivity index (χ2n) is 11.3. The second-order valence-corrected chi connectivity index (χ2v) is 12.2. The molecule has 2 N–H and O–H groups in total. The zero-order valence-corrected chi connectivity index (χ0v) is 27.2. The van der Waals surface area contributed by atoms with Crippen LogP contribution in [0.4, 0.5) is 37.7 Å². The summed E-state index contributed by atoms with van der Waals surface area (Å²) in [7, 11) is 0. The Balaban J connectivity index is 0.000000463. The molecule has 0 saturated carbocycles. The van der Waals surface area contributed by atoms with E-state index in [0.29, 0.717) is 63.4 Å². The SMILES string of the molecule is C=CC[C@H]1N(C=O)CCC[C@@]1(Oc1csc(C(F)(F)F)c1)C(=O)N1CCN(c2ccccc2NCCO)CC1.FC(F)(F)c1ccncc1. The molecule has 16 heteroatoms. The fourth-order valence-electron chi connectivity index (χ4n) is 5.92. The number of nitrogens with one attached hydrogen (secondary N) is 1. The molecule has 2 fully saturated rings. The van der Waals surface area contributed by atoms with E-state index in [1.807, 2.05) is 24.3 Å². The highest BCUT2D eigenvalue weighted by Crippen LogP contribution is 2.41. The van der Waals surface area contributed by atoms with Crippen LogP contribution in [0.1, 0.15) is 29.7 Å². The van der Waals surface area contributed by atoms with Gasteiger partial charge in [-0.2, -0.15) is 26.3 Å². The Morgan fingerprint density at radius 3 is 2.33 bits per heavy atom. The summed E-state index contributed by atoms with van der Waals surface area (Å²) in [5.41, 5.74) is -0.372. The van der Waals surface area contributed by atoms with Gasteiger partial charge >= 0.3 is 12.4 Å². The van der Waals surface area contributed by atoms with E-state index in [1.54, 1.807) is 11.0 Å². The third-order valence-corrected chi connectivity index (χ3v) is 9.15. The molecule has 2 saturated heterocycles. The average molecular weight is 714 g/mol. The molecule has 0 aliphatic carbocycles. The maximum Gasteiger partial charge on any atom is 0.425 e. The first-order chi connectivity index (χ1) is 23.3. The molecular weight excluding hydrogens is 676 g/mol. The Morgan fingerprint density at radius 2 is 1.76 bits per heavy atom. The minimum Gasteiger partial charge on any atom is -0.474 e. The van der Waals surface area contributed by atoms with Crippen molar-refractivity contribution in [1.82, 2.24) is 14.8 Å². The van der Waals surface area contributed by atoms with Gasteiger partial charge in [0.1, 0.15) is 10.6 Å². The number of piperidine rings is 1. The van der Waals surface area contributed by atoms with Crippen molar-refractivity contribution >= 4 is 35.0 Å². The highest BCUT2D eigenvalue weighted by molar-refractivity contribution is 7.10. The smallest absolute Gasteiger partial charge is 0.425 e. The van der Waals surface area contributed by atoms with Gasteiger partial charge in [0.2, 0.25) is 12.0 Å². The van der Waals surface area contributed by atoms with Crippen LogP contribution in [0.5, 0.6) is 5.75 Å². The number of thiophene rings is 1. The molecule has 2 aliphatic heterocycles. The molecule has 0 radical (unpaired) electrons. The van der Waals surface area contributed by atoms with E-state index in [4.69, 9.17) is 4.74 Å². The number of piperazine rings is 1. The lowest BCUT2D eigenvalue weighted by molar-refractivity contribution is -0.162. The van der Waals surface area contributed by atoms with Gasteiger partial charge in [0.15, 0.2) is 0 Å². The van der Waals surface area contributed by atoms with E-state index in [-0.39, 0.29) is 31.1 Å². The van der Waals surface area contributed by atoms with Crippen molar-refractivity contribution in [1.29, 1.82) is 0 Å². The number of amides is 2. The summed E-state index contributed by atoms with van der Waals surface area (Å²) in [5, 5.41) is 13.7. The molecule has 2 atom stereocenters. The van der Waals surface area contributed by atoms with Crippen molar-refractivity contribution in [2.24, 2.45) is 0 Å². The number of hydrogen-bond donors (Lipinski definition) is 2. The Bertz CT molecular complexity index is 1530. The zero-order valence-electron chi connectivity index (χ0n) is 26.4. The van der Waals surface area contributed by atoms with Crippen molar-refractivity contribution < 1.29 is 45.8 Å². The molecule has 49 heavy (non-hydrogen) atoms.